The maximum absolute atomic E-state index is 5.97. The van der Waals surface area contributed by atoms with Crippen LogP contribution in [0.25, 0.3) is 11.5 Å². The lowest BCUT2D eigenvalue weighted by molar-refractivity contribution is -0.00549. The lowest BCUT2D eigenvalue weighted by Gasteiger charge is -2.26. The van der Waals surface area contributed by atoms with Crippen molar-refractivity contribution in [2.45, 2.75) is 31.4 Å². The number of aromatic nitrogens is 4. The molecule has 0 radical (unpaired) electrons. The molecule has 19 heavy (non-hydrogen) atoms. The van der Waals surface area contributed by atoms with Crippen LogP contribution < -0.4 is 5.73 Å². The van der Waals surface area contributed by atoms with Crippen LogP contribution in [-0.4, -0.2) is 32.8 Å². The zero-order valence-electron chi connectivity index (χ0n) is 10.4. The molecular formula is C12H15N5O2. The molecule has 100 valence electrons. The molecular weight excluding hydrogens is 246 g/mol. The fourth-order valence-electron chi connectivity index (χ4n) is 1.76. The van der Waals surface area contributed by atoms with E-state index in [2.05, 4.69) is 20.1 Å². The maximum atomic E-state index is 5.97. The molecule has 3 rings (SSSR count). The molecule has 1 aliphatic carbocycles. The fraction of sp³-hybridized carbons (Fsp3) is 0.500. The molecule has 2 heterocycles. The molecule has 1 aliphatic rings. The Bertz CT molecular complexity index is 526. The van der Waals surface area contributed by atoms with E-state index in [9.17, 15) is 0 Å². The molecule has 0 amide bonds. The van der Waals surface area contributed by atoms with Gasteiger partial charge >= 0.3 is 0 Å². The summed E-state index contributed by atoms with van der Waals surface area (Å²) in [6.07, 6.45) is 8.48. The van der Waals surface area contributed by atoms with Gasteiger partial charge < -0.3 is 15.0 Å². The van der Waals surface area contributed by atoms with E-state index in [1.165, 1.54) is 12.7 Å². The molecule has 1 atom stereocenters. The predicted molar refractivity (Wildman–Crippen MR) is 65.8 cm³/mol. The van der Waals surface area contributed by atoms with Crippen molar-refractivity contribution in [1.29, 1.82) is 0 Å². The number of hydrogen-bond donors (Lipinski definition) is 1. The minimum absolute atomic E-state index is 0.347. The lowest BCUT2D eigenvalue weighted by Crippen LogP contribution is -2.27. The first-order valence-corrected chi connectivity index (χ1v) is 6.29. The van der Waals surface area contributed by atoms with Crippen LogP contribution in [0.3, 0.4) is 0 Å². The summed E-state index contributed by atoms with van der Waals surface area (Å²) in [7, 11) is 0. The summed E-state index contributed by atoms with van der Waals surface area (Å²) >= 11 is 0. The van der Waals surface area contributed by atoms with Crippen LogP contribution in [0, 0.1) is 0 Å². The predicted octanol–water partition coefficient (Wildman–Crippen LogP) is 1.10. The van der Waals surface area contributed by atoms with Gasteiger partial charge in [-0.3, -0.25) is 0 Å². The van der Waals surface area contributed by atoms with Crippen LogP contribution in [0.1, 0.15) is 31.1 Å². The Labute approximate surface area is 110 Å². The molecule has 2 N–H and O–H groups in total. The monoisotopic (exact) mass is 261 g/mol. The summed E-state index contributed by atoms with van der Waals surface area (Å²) in [5.41, 5.74) is 6.65. The molecule has 1 unspecified atom stereocenters. The van der Waals surface area contributed by atoms with Crippen molar-refractivity contribution in [2.24, 2.45) is 5.73 Å². The van der Waals surface area contributed by atoms with E-state index >= 15 is 0 Å². The van der Waals surface area contributed by atoms with Crippen LogP contribution in [0.2, 0.25) is 0 Å². The van der Waals surface area contributed by atoms with Crippen LogP contribution in [0.15, 0.2) is 23.2 Å². The van der Waals surface area contributed by atoms with E-state index < -0.39 is 0 Å². The molecule has 1 fully saturated rings. The molecule has 0 aromatic carbocycles. The van der Waals surface area contributed by atoms with Gasteiger partial charge in [0.2, 0.25) is 0 Å². The number of nitrogens with two attached hydrogens (primary N) is 1. The van der Waals surface area contributed by atoms with Crippen molar-refractivity contribution in [2.75, 3.05) is 6.61 Å². The highest BCUT2D eigenvalue weighted by Crippen LogP contribution is 2.23. The Morgan fingerprint density at radius 3 is 2.84 bits per heavy atom. The van der Waals surface area contributed by atoms with Crippen molar-refractivity contribution in [3.8, 4) is 11.5 Å². The molecule has 7 heteroatoms. The Balaban J connectivity index is 1.63. The first kappa shape index (κ1) is 12.2. The van der Waals surface area contributed by atoms with Gasteiger partial charge in [-0.05, 0) is 19.3 Å². The molecule has 2 aromatic heterocycles. The second kappa shape index (κ2) is 5.41. The van der Waals surface area contributed by atoms with Crippen molar-refractivity contribution < 1.29 is 9.26 Å². The first-order chi connectivity index (χ1) is 9.33. The highest BCUT2D eigenvalue weighted by Gasteiger charge is 2.21. The molecule has 0 spiro atoms. The van der Waals surface area contributed by atoms with Crippen molar-refractivity contribution >= 4 is 0 Å². The number of nitrogens with zero attached hydrogens (tertiary/aromatic N) is 4. The van der Waals surface area contributed by atoms with Gasteiger partial charge in [0.25, 0.3) is 5.89 Å². The number of hydrogen-bond acceptors (Lipinski definition) is 7. The highest BCUT2D eigenvalue weighted by atomic mass is 16.5. The Kier molecular flexibility index (Phi) is 3.47. The third-order valence-electron chi connectivity index (χ3n) is 3.14. The van der Waals surface area contributed by atoms with Gasteiger partial charge in [-0.2, -0.15) is 4.98 Å². The molecule has 0 saturated heterocycles. The lowest BCUT2D eigenvalue weighted by atomic mass is 9.96. The SMILES string of the molecule is NC(COC1CCC1)c1noc(-c2cncnc2)n1. The van der Waals surface area contributed by atoms with Gasteiger partial charge in [-0.25, -0.2) is 9.97 Å². The Hall–Kier alpha value is -1.86. The molecule has 2 aromatic rings. The Morgan fingerprint density at radius 2 is 2.16 bits per heavy atom. The van der Waals surface area contributed by atoms with E-state index in [1.54, 1.807) is 12.4 Å². The van der Waals surface area contributed by atoms with Crippen molar-refractivity contribution in [3.05, 3.63) is 24.5 Å². The average Bonchev–Trinajstić information content (AvgIpc) is 2.87. The van der Waals surface area contributed by atoms with Crippen LogP contribution >= 0.6 is 0 Å². The summed E-state index contributed by atoms with van der Waals surface area (Å²) in [5, 5.41) is 3.87. The summed E-state index contributed by atoms with van der Waals surface area (Å²) in [4.78, 5) is 12.0. The molecule has 0 aliphatic heterocycles. The summed E-state index contributed by atoms with van der Waals surface area (Å²) in [5.74, 6) is 0.813. The van der Waals surface area contributed by atoms with E-state index in [-0.39, 0.29) is 6.04 Å². The van der Waals surface area contributed by atoms with E-state index in [0.717, 1.165) is 12.8 Å². The third-order valence-corrected chi connectivity index (χ3v) is 3.14. The maximum Gasteiger partial charge on any atom is 0.261 e. The zero-order chi connectivity index (χ0) is 13.1. The minimum Gasteiger partial charge on any atom is -0.376 e. The molecule has 0 bridgehead atoms. The first-order valence-electron chi connectivity index (χ1n) is 6.29. The quantitative estimate of drug-likeness (QED) is 0.859. The third kappa shape index (κ3) is 2.77. The standard InChI is InChI=1S/C12H15N5O2/c13-10(6-18-9-2-1-3-9)11-16-12(19-17-11)8-4-14-7-15-5-8/h4-5,7,9-10H,1-3,6,13H2. The molecule has 1 saturated carbocycles. The average molecular weight is 261 g/mol. The molecule has 7 nitrogen and oxygen atoms in total. The summed E-state index contributed by atoms with van der Waals surface area (Å²) in [6.45, 7) is 0.412. The second-order valence-electron chi connectivity index (χ2n) is 4.58. The normalized spacial score (nSPS) is 17.1. The second-order valence-corrected chi connectivity index (χ2v) is 4.58. The minimum atomic E-state index is -0.372. The summed E-state index contributed by atoms with van der Waals surface area (Å²) < 4.78 is 10.8. The van der Waals surface area contributed by atoms with Crippen molar-refractivity contribution in [3.63, 3.8) is 0 Å². The van der Waals surface area contributed by atoms with Gasteiger partial charge in [0.05, 0.1) is 24.3 Å². The van der Waals surface area contributed by atoms with E-state index in [4.69, 9.17) is 15.0 Å². The van der Waals surface area contributed by atoms with Crippen molar-refractivity contribution in [1.82, 2.24) is 20.1 Å². The highest BCUT2D eigenvalue weighted by molar-refractivity contribution is 5.48. The van der Waals surface area contributed by atoms with Gasteiger partial charge in [0, 0.05) is 12.4 Å². The van der Waals surface area contributed by atoms with Crippen LogP contribution in [0.5, 0.6) is 0 Å². The number of rotatable bonds is 5. The van der Waals surface area contributed by atoms with Gasteiger partial charge in [-0.1, -0.05) is 5.16 Å². The largest absolute Gasteiger partial charge is 0.376 e. The van der Waals surface area contributed by atoms with E-state index in [1.807, 2.05) is 0 Å². The van der Waals surface area contributed by atoms with Gasteiger partial charge in [-0.15, -0.1) is 0 Å². The van der Waals surface area contributed by atoms with Crippen LogP contribution in [0.4, 0.5) is 0 Å². The summed E-state index contributed by atoms with van der Waals surface area (Å²) in [6, 6.07) is -0.372. The smallest absolute Gasteiger partial charge is 0.261 e. The topological polar surface area (TPSA) is 100.0 Å². The van der Waals surface area contributed by atoms with Gasteiger partial charge in [0.1, 0.15) is 6.33 Å². The zero-order valence-corrected chi connectivity index (χ0v) is 10.4. The van der Waals surface area contributed by atoms with Crippen LogP contribution in [-0.2, 0) is 4.74 Å². The Morgan fingerprint density at radius 1 is 1.37 bits per heavy atom. The fourth-order valence-corrected chi connectivity index (χ4v) is 1.76. The van der Waals surface area contributed by atoms with E-state index in [0.29, 0.717) is 30.0 Å². The van der Waals surface area contributed by atoms with Gasteiger partial charge in [0.15, 0.2) is 5.82 Å². The number of ether oxygens (including phenoxy) is 1.